The Labute approximate surface area is 159 Å². The molecule has 1 saturated heterocycles. The summed E-state index contributed by atoms with van der Waals surface area (Å²) in [7, 11) is 0. The Morgan fingerprint density at radius 1 is 1.22 bits per heavy atom. The Kier molecular flexibility index (Phi) is 4.74. The van der Waals surface area contributed by atoms with Gasteiger partial charge in [-0.15, -0.1) is 0 Å². The molecule has 1 fully saturated rings. The van der Waals surface area contributed by atoms with Crippen molar-refractivity contribution in [3.05, 3.63) is 71.0 Å². The van der Waals surface area contributed by atoms with E-state index in [0.29, 0.717) is 19.6 Å². The van der Waals surface area contributed by atoms with Gasteiger partial charge in [0.25, 0.3) is 5.91 Å². The van der Waals surface area contributed by atoms with E-state index in [0.717, 1.165) is 24.0 Å². The van der Waals surface area contributed by atoms with Gasteiger partial charge >= 0.3 is 0 Å². The van der Waals surface area contributed by atoms with Gasteiger partial charge in [0, 0.05) is 25.1 Å². The van der Waals surface area contributed by atoms with E-state index in [9.17, 15) is 9.18 Å². The highest BCUT2D eigenvalue weighted by Gasteiger charge is 2.39. The molecule has 4 rings (SSSR count). The fourth-order valence-corrected chi connectivity index (χ4v) is 4.17. The molecule has 0 aliphatic carbocycles. The van der Waals surface area contributed by atoms with Gasteiger partial charge in [-0.05, 0) is 48.6 Å². The van der Waals surface area contributed by atoms with E-state index >= 15 is 0 Å². The zero-order valence-corrected chi connectivity index (χ0v) is 15.5. The molecule has 2 heterocycles. The third-order valence-electron chi connectivity index (χ3n) is 5.67. The van der Waals surface area contributed by atoms with Gasteiger partial charge in [-0.3, -0.25) is 4.79 Å². The molecule has 2 aliphatic rings. The van der Waals surface area contributed by atoms with Crippen LogP contribution >= 0.6 is 0 Å². The number of hydrogen-bond acceptors (Lipinski definition) is 3. The first-order valence-electron chi connectivity index (χ1n) is 9.49. The van der Waals surface area contributed by atoms with E-state index in [-0.39, 0.29) is 17.8 Å². The highest BCUT2D eigenvalue weighted by atomic mass is 19.1. The minimum atomic E-state index is -0.526. The van der Waals surface area contributed by atoms with Gasteiger partial charge in [0.2, 0.25) is 0 Å². The SMILES string of the molecule is C[C@@]1(N)CCO[C@@H](C(=O)N2CCc3ccccc3[C@@H]2c2ccc(F)cc2)C1. The van der Waals surface area contributed by atoms with Crippen LogP contribution in [0.2, 0.25) is 0 Å². The molecule has 142 valence electrons. The summed E-state index contributed by atoms with van der Waals surface area (Å²) in [5.74, 6) is -0.314. The van der Waals surface area contributed by atoms with Crippen molar-refractivity contribution in [2.45, 2.75) is 43.9 Å². The first kappa shape index (κ1) is 18.1. The van der Waals surface area contributed by atoms with Crippen LogP contribution in [-0.4, -0.2) is 35.6 Å². The fourth-order valence-electron chi connectivity index (χ4n) is 4.17. The summed E-state index contributed by atoms with van der Waals surface area (Å²) in [4.78, 5) is 15.2. The second-order valence-electron chi connectivity index (χ2n) is 7.90. The lowest BCUT2D eigenvalue weighted by molar-refractivity contribution is -0.151. The van der Waals surface area contributed by atoms with Crippen molar-refractivity contribution in [3.63, 3.8) is 0 Å². The van der Waals surface area contributed by atoms with E-state index < -0.39 is 11.6 Å². The Balaban J connectivity index is 1.70. The van der Waals surface area contributed by atoms with Gasteiger partial charge in [0.05, 0.1) is 6.04 Å². The number of amides is 1. The van der Waals surface area contributed by atoms with Crippen LogP contribution in [0.15, 0.2) is 48.5 Å². The lowest BCUT2D eigenvalue weighted by Crippen LogP contribution is -2.53. The quantitative estimate of drug-likeness (QED) is 0.886. The van der Waals surface area contributed by atoms with Crippen LogP contribution in [0.3, 0.4) is 0 Å². The van der Waals surface area contributed by atoms with Crippen LogP contribution in [0.5, 0.6) is 0 Å². The van der Waals surface area contributed by atoms with Crippen LogP contribution in [0.1, 0.15) is 42.5 Å². The largest absolute Gasteiger partial charge is 0.368 e. The standard InChI is InChI=1S/C22H25FN2O2/c1-22(24)11-13-27-19(14-22)21(26)25-12-10-15-4-2-3-5-18(15)20(25)16-6-8-17(23)9-7-16/h2-9,19-20H,10-14,24H2,1H3/t19-,20+,22-/m1/s1. The number of carbonyl (C=O) groups is 1. The molecule has 1 amide bonds. The fraction of sp³-hybridized carbons (Fsp3) is 0.409. The molecular formula is C22H25FN2O2. The number of halogens is 1. The summed E-state index contributed by atoms with van der Waals surface area (Å²) in [5.41, 5.74) is 9.12. The topological polar surface area (TPSA) is 55.6 Å². The minimum absolute atomic E-state index is 0.0322. The second-order valence-corrected chi connectivity index (χ2v) is 7.90. The lowest BCUT2D eigenvalue weighted by atomic mass is 9.86. The molecule has 4 nitrogen and oxygen atoms in total. The van der Waals surface area contributed by atoms with Crippen LogP contribution in [0.25, 0.3) is 0 Å². The summed E-state index contributed by atoms with van der Waals surface area (Å²) in [6, 6.07) is 14.3. The molecule has 0 aromatic heterocycles. The van der Waals surface area contributed by atoms with Crippen LogP contribution < -0.4 is 5.73 Å². The molecule has 0 bridgehead atoms. The number of fused-ring (bicyclic) bond motifs is 1. The van der Waals surface area contributed by atoms with Crippen molar-refractivity contribution in [1.29, 1.82) is 0 Å². The molecular weight excluding hydrogens is 343 g/mol. The van der Waals surface area contributed by atoms with E-state index in [1.54, 1.807) is 12.1 Å². The monoisotopic (exact) mass is 368 g/mol. The second kappa shape index (κ2) is 7.06. The average Bonchev–Trinajstić information content (AvgIpc) is 2.66. The predicted molar refractivity (Wildman–Crippen MR) is 102 cm³/mol. The predicted octanol–water partition coefficient (Wildman–Crippen LogP) is 3.20. The van der Waals surface area contributed by atoms with Gasteiger partial charge in [-0.1, -0.05) is 36.4 Å². The van der Waals surface area contributed by atoms with E-state index in [1.165, 1.54) is 17.7 Å². The van der Waals surface area contributed by atoms with Crippen LogP contribution in [0, 0.1) is 5.82 Å². The van der Waals surface area contributed by atoms with Gasteiger partial charge in [-0.2, -0.15) is 0 Å². The number of carbonyl (C=O) groups excluding carboxylic acids is 1. The number of nitrogens with two attached hydrogens (primary N) is 1. The van der Waals surface area contributed by atoms with Gasteiger partial charge < -0.3 is 15.4 Å². The van der Waals surface area contributed by atoms with Crippen molar-refractivity contribution in [2.24, 2.45) is 5.73 Å². The number of ether oxygens (including phenoxy) is 1. The van der Waals surface area contributed by atoms with Crippen LogP contribution in [0.4, 0.5) is 4.39 Å². The summed E-state index contributed by atoms with van der Waals surface area (Å²) < 4.78 is 19.3. The lowest BCUT2D eigenvalue weighted by Gasteiger charge is -2.42. The normalized spacial score (nSPS) is 27.9. The number of benzene rings is 2. The molecule has 3 atom stereocenters. The Morgan fingerprint density at radius 3 is 2.70 bits per heavy atom. The smallest absolute Gasteiger partial charge is 0.252 e. The molecule has 0 unspecified atom stereocenters. The Bertz CT molecular complexity index is 834. The van der Waals surface area contributed by atoms with Crippen molar-refractivity contribution >= 4 is 5.91 Å². The third-order valence-corrected chi connectivity index (χ3v) is 5.67. The van der Waals surface area contributed by atoms with Crippen molar-refractivity contribution in [2.75, 3.05) is 13.2 Å². The number of nitrogens with zero attached hydrogens (tertiary/aromatic N) is 1. The summed E-state index contributed by atoms with van der Waals surface area (Å²) in [5, 5.41) is 0. The van der Waals surface area contributed by atoms with E-state index in [2.05, 4.69) is 12.1 Å². The molecule has 2 N–H and O–H groups in total. The summed E-state index contributed by atoms with van der Waals surface area (Å²) in [6.45, 7) is 3.08. The van der Waals surface area contributed by atoms with E-state index in [1.807, 2.05) is 24.0 Å². The van der Waals surface area contributed by atoms with Gasteiger partial charge in [-0.25, -0.2) is 4.39 Å². The Hall–Kier alpha value is -2.24. The van der Waals surface area contributed by atoms with Crippen LogP contribution in [-0.2, 0) is 16.0 Å². The minimum Gasteiger partial charge on any atom is -0.368 e. The van der Waals surface area contributed by atoms with Crippen molar-refractivity contribution in [1.82, 2.24) is 4.90 Å². The van der Waals surface area contributed by atoms with Crippen molar-refractivity contribution in [3.8, 4) is 0 Å². The maximum atomic E-state index is 13.5. The molecule has 0 radical (unpaired) electrons. The zero-order chi connectivity index (χ0) is 19.0. The molecule has 2 aliphatic heterocycles. The average molecular weight is 368 g/mol. The highest BCUT2D eigenvalue weighted by Crippen LogP contribution is 2.36. The summed E-state index contributed by atoms with van der Waals surface area (Å²) >= 11 is 0. The molecule has 2 aromatic rings. The number of rotatable bonds is 2. The Morgan fingerprint density at radius 2 is 1.96 bits per heavy atom. The molecule has 2 aromatic carbocycles. The molecule has 27 heavy (non-hydrogen) atoms. The van der Waals surface area contributed by atoms with E-state index in [4.69, 9.17) is 10.5 Å². The van der Waals surface area contributed by atoms with Gasteiger partial charge in [0.15, 0.2) is 0 Å². The maximum Gasteiger partial charge on any atom is 0.252 e. The third kappa shape index (κ3) is 3.62. The van der Waals surface area contributed by atoms with Crippen molar-refractivity contribution < 1.29 is 13.9 Å². The summed E-state index contributed by atoms with van der Waals surface area (Å²) in [6.07, 6.45) is 1.54. The highest BCUT2D eigenvalue weighted by molar-refractivity contribution is 5.82. The molecule has 0 spiro atoms. The number of hydrogen-bond donors (Lipinski definition) is 1. The zero-order valence-electron chi connectivity index (χ0n) is 15.5. The first-order valence-corrected chi connectivity index (χ1v) is 9.49. The maximum absolute atomic E-state index is 13.5. The van der Waals surface area contributed by atoms with Gasteiger partial charge in [0.1, 0.15) is 11.9 Å². The molecule has 0 saturated carbocycles. The first-order chi connectivity index (χ1) is 12.9. The molecule has 5 heteroatoms.